The first-order chi connectivity index (χ1) is 12.7. The van der Waals surface area contributed by atoms with E-state index < -0.39 is 17.8 Å². The number of nitrogens with one attached hydrogen (secondary N) is 1. The number of aromatic nitrogens is 4. The smallest absolute Gasteiger partial charge is 0.368 e. The summed E-state index contributed by atoms with van der Waals surface area (Å²) in [7, 11) is 0. The van der Waals surface area contributed by atoms with E-state index in [1.54, 1.807) is 0 Å². The molecular formula is C17H19F3N6O. The van der Waals surface area contributed by atoms with Gasteiger partial charge >= 0.3 is 6.18 Å². The molecule has 0 fully saturated rings. The van der Waals surface area contributed by atoms with Gasteiger partial charge in [-0.25, -0.2) is 19.9 Å². The molecule has 7 nitrogen and oxygen atoms in total. The van der Waals surface area contributed by atoms with E-state index in [0.717, 1.165) is 36.6 Å². The number of carbonyl (C=O) groups excluding carboxylic acids is 1. The number of nitrogens with two attached hydrogens (primary N) is 1. The van der Waals surface area contributed by atoms with Crippen LogP contribution in [0.15, 0.2) is 6.07 Å². The number of carbonyl (C=O) groups is 1. The maximum atomic E-state index is 12.8. The van der Waals surface area contributed by atoms with Gasteiger partial charge in [-0.1, -0.05) is 0 Å². The average Bonchev–Trinajstić information content (AvgIpc) is 2.59. The highest BCUT2D eigenvalue weighted by molar-refractivity contribution is 5.94. The topological polar surface area (TPSA) is 107 Å². The van der Waals surface area contributed by atoms with Crippen molar-refractivity contribution in [2.75, 3.05) is 12.3 Å². The molecule has 0 saturated carbocycles. The molecule has 0 unspecified atom stereocenters. The highest BCUT2D eigenvalue weighted by Crippen LogP contribution is 2.27. The van der Waals surface area contributed by atoms with Crippen LogP contribution in [0, 0.1) is 6.92 Å². The Morgan fingerprint density at radius 2 is 1.93 bits per heavy atom. The van der Waals surface area contributed by atoms with Crippen molar-refractivity contribution in [2.24, 2.45) is 0 Å². The zero-order valence-electron chi connectivity index (χ0n) is 14.7. The second kappa shape index (κ2) is 7.45. The van der Waals surface area contributed by atoms with Gasteiger partial charge in [-0.3, -0.25) is 4.79 Å². The summed E-state index contributed by atoms with van der Waals surface area (Å²) >= 11 is 0. The third kappa shape index (κ3) is 4.50. The minimum atomic E-state index is -4.54. The Morgan fingerprint density at radius 3 is 2.67 bits per heavy atom. The summed E-state index contributed by atoms with van der Waals surface area (Å²) in [6.07, 6.45) is -1.09. The molecule has 3 rings (SSSR count). The molecule has 0 bridgehead atoms. The van der Waals surface area contributed by atoms with Crippen LogP contribution in [-0.2, 0) is 25.4 Å². The molecule has 0 atom stereocenters. The van der Waals surface area contributed by atoms with Crippen LogP contribution in [0.4, 0.5) is 19.1 Å². The lowest BCUT2D eigenvalue weighted by atomic mass is 9.94. The normalized spacial score (nSPS) is 13.9. The van der Waals surface area contributed by atoms with Crippen LogP contribution in [0.5, 0.6) is 0 Å². The summed E-state index contributed by atoms with van der Waals surface area (Å²) in [5, 5.41) is 2.66. The highest BCUT2D eigenvalue weighted by Gasteiger charge is 2.33. The molecule has 27 heavy (non-hydrogen) atoms. The van der Waals surface area contributed by atoms with E-state index >= 15 is 0 Å². The maximum Gasteiger partial charge on any atom is 0.433 e. The third-order valence-corrected chi connectivity index (χ3v) is 4.24. The van der Waals surface area contributed by atoms with E-state index in [4.69, 9.17) is 5.73 Å². The van der Waals surface area contributed by atoms with Gasteiger partial charge in [0.25, 0.3) is 5.91 Å². The molecule has 0 radical (unpaired) electrons. The SMILES string of the molecule is Cc1cc(C(F)(F)F)nc(CCNC(=O)c2nc(N)nc3c2CCCC3)n1. The van der Waals surface area contributed by atoms with Crippen molar-refractivity contribution < 1.29 is 18.0 Å². The first-order valence-electron chi connectivity index (χ1n) is 8.59. The molecule has 0 aromatic carbocycles. The lowest BCUT2D eigenvalue weighted by Crippen LogP contribution is -2.30. The number of halogens is 3. The molecule has 3 N–H and O–H groups in total. The number of nitrogens with zero attached hydrogens (tertiary/aromatic N) is 4. The number of nitrogen functional groups attached to an aromatic ring is 1. The van der Waals surface area contributed by atoms with Crippen molar-refractivity contribution >= 4 is 11.9 Å². The van der Waals surface area contributed by atoms with Gasteiger partial charge in [0, 0.05) is 29.9 Å². The second-order valence-electron chi connectivity index (χ2n) is 6.38. The molecule has 1 aliphatic carbocycles. The van der Waals surface area contributed by atoms with Crippen LogP contribution in [0.25, 0.3) is 0 Å². The van der Waals surface area contributed by atoms with E-state index in [0.29, 0.717) is 6.42 Å². The third-order valence-electron chi connectivity index (χ3n) is 4.24. The van der Waals surface area contributed by atoms with Gasteiger partial charge in [0.05, 0.1) is 0 Å². The van der Waals surface area contributed by atoms with Crippen LogP contribution in [0.2, 0.25) is 0 Å². The van der Waals surface area contributed by atoms with Crippen molar-refractivity contribution in [1.82, 2.24) is 25.3 Å². The molecule has 0 saturated heterocycles. The Morgan fingerprint density at radius 1 is 1.19 bits per heavy atom. The number of hydrogen-bond acceptors (Lipinski definition) is 6. The molecule has 1 aliphatic rings. The van der Waals surface area contributed by atoms with E-state index in [2.05, 4.69) is 25.3 Å². The standard InChI is InChI=1S/C17H19F3N6O/c1-9-8-12(17(18,19)20)25-13(23-9)6-7-22-15(27)14-10-4-2-3-5-11(10)24-16(21)26-14/h8H,2-7H2,1H3,(H,22,27)(H2,21,24,26). The predicted octanol–water partition coefficient (Wildman–Crippen LogP) is 2.03. The molecule has 0 spiro atoms. The fraction of sp³-hybridized carbons (Fsp3) is 0.471. The molecule has 2 aromatic heterocycles. The maximum absolute atomic E-state index is 12.8. The van der Waals surface area contributed by atoms with E-state index in [9.17, 15) is 18.0 Å². The first-order valence-corrected chi connectivity index (χ1v) is 8.59. The van der Waals surface area contributed by atoms with Crippen molar-refractivity contribution in [1.29, 1.82) is 0 Å². The highest BCUT2D eigenvalue weighted by atomic mass is 19.4. The van der Waals surface area contributed by atoms with E-state index in [1.165, 1.54) is 6.92 Å². The minimum absolute atomic E-state index is 0.0202. The number of hydrogen-bond donors (Lipinski definition) is 2. The lowest BCUT2D eigenvalue weighted by Gasteiger charge is -2.17. The molecule has 144 valence electrons. The van der Waals surface area contributed by atoms with Gasteiger partial charge in [-0.05, 0) is 38.7 Å². The summed E-state index contributed by atoms with van der Waals surface area (Å²) in [5.74, 6) is -0.365. The Kier molecular flexibility index (Phi) is 5.24. The Hall–Kier alpha value is -2.78. The van der Waals surface area contributed by atoms with Gasteiger partial charge in [-0.2, -0.15) is 13.2 Å². The van der Waals surface area contributed by atoms with Crippen LogP contribution < -0.4 is 11.1 Å². The number of amides is 1. The second-order valence-corrected chi connectivity index (χ2v) is 6.38. The molecular weight excluding hydrogens is 361 g/mol. The summed E-state index contributed by atoms with van der Waals surface area (Å²) in [5.41, 5.74) is 6.73. The Labute approximate surface area is 153 Å². The Bertz CT molecular complexity index is 868. The molecule has 1 amide bonds. The molecule has 2 aromatic rings. The van der Waals surface area contributed by atoms with Crippen LogP contribution in [-0.4, -0.2) is 32.4 Å². The zero-order valence-corrected chi connectivity index (χ0v) is 14.7. The predicted molar refractivity (Wildman–Crippen MR) is 90.9 cm³/mol. The molecule has 10 heteroatoms. The lowest BCUT2D eigenvalue weighted by molar-refractivity contribution is -0.141. The van der Waals surface area contributed by atoms with Crippen LogP contribution in [0.1, 0.15) is 51.8 Å². The van der Waals surface area contributed by atoms with Gasteiger partial charge in [0.2, 0.25) is 5.95 Å². The number of fused-ring (bicyclic) bond motifs is 1. The number of rotatable bonds is 4. The van der Waals surface area contributed by atoms with Crippen LogP contribution >= 0.6 is 0 Å². The van der Waals surface area contributed by atoms with Crippen molar-refractivity contribution in [3.8, 4) is 0 Å². The fourth-order valence-electron chi connectivity index (χ4n) is 3.06. The minimum Gasteiger partial charge on any atom is -0.368 e. The fourth-order valence-corrected chi connectivity index (χ4v) is 3.06. The van der Waals surface area contributed by atoms with E-state index in [1.807, 2.05) is 0 Å². The van der Waals surface area contributed by atoms with Gasteiger partial charge < -0.3 is 11.1 Å². The summed E-state index contributed by atoms with van der Waals surface area (Å²) < 4.78 is 38.5. The molecule has 2 heterocycles. The van der Waals surface area contributed by atoms with E-state index in [-0.39, 0.29) is 36.1 Å². The van der Waals surface area contributed by atoms with Gasteiger partial charge in [0.1, 0.15) is 17.2 Å². The van der Waals surface area contributed by atoms with Crippen molar-refractivity contribution in [3.63, 3.8) is 0 Å². The van der Waals surface area contributed by atoms with Crippen molar-refractivity contribution in [2.45, 2.75) is 45.2 Å². The van der Waals surface area contributed by atoms with Crippen molar-refractivity contribution in [3.05, 3.63) is 40.2 Å². The van der Waals surface area contributed by atoms with Gasteiger partial charge in [-0.15, -0.1) is 0 Å². The largest absolute Gasteiger partial charge is 0.433 e. The molecule has 0 aliphatic heterocycles. The number of anilines is 1. The Balaban J connectivity index is 1.69. The quantitative estimate of drug-likeness (QED) is 0.841. The van der Waals surface area contributed by atoms with Crippen LogP contribution in [0.3, 0.4) is 0 Å². The van der Waals surface area contributed by atoms with Gasteiger partial charge in [0.15, 0.2) is 0 Å². The number of aryl methyl sites for hydroxylation is 2. The number of alkyl halides is 3. The first kappa shape index (κ1) is 19.0. The summed E-state index contributed by atoms with van der Waals surface area (Å²) in [6.45, 7) is 1.55. The monoisotopic (exact) mass is 380 g/mol. The zero-order chi connectivity index (χ0) is 19.6. The summed E-state index contributed by atoms with van der Waals surface area (Å²) in [4.78, 5) is 28.2. The average molecular weight is 380 g/mol. The summed E-state index contributed by atoms with van der Waals surface area (Å²) in [6, 6.07) is 0.887.